The van der Waals surface area contributed by atoms with E-state index in [1.807, 2.05) is 48.5 Å². The Bertz CT molecular complexity index is 735. The van der Waals surface area contributed by atoms with Gasteiger partial charge in [0, 0.05) is 13.1 Å². The highest BCUT2D eigenvalue weighted by atomic mass is 16.5. The number of nitrogens with zero attached hydrogens (tertiary/aromatic N) is 2. The molecule has 26 heavy (non-hydrogen) atoms. The topological polar surface area (TPSA) is 53.3 Å². The molecule has 0 bridgehead atoms. The highest BCUT2D eigenvalue weighted by Crippen LogP contribution is 2.21. The summed E-state index contributed by atoms with van der Waals surface area (Å²) in [6, 6.07) is 19.5. The maximum Gasteiger partial charge on any atom is 0.257 e. The number of hydrogen-bond donors (Lipinski definition) is 0. The zero-order valence-corrected chi connectivity index (χ0v) is 15.5. The Morgan fingerprint density at radius 3 is 2.46 bits per heavy atom. The number of carbonyl (C=O) groups is 1. The zero-order valence-electron chi connectivity index (χ0n) is 15.5. The van der Waals surface area contributed by atoms with Gasteiger partial charge in [0.15, 0.2) is 0 Å². The quantitative estimate of drug-likeness (QED) is 0.677. The van der Waals surface area contributed by atoms with Gasteiger partial charge in [0.25, 0.3) is 5.91 Å². The molecule has 136 valence electrons. The molecule has 0 unspecified atom stereocenters. The third kappa shape index (κ3) is 5.93. The number of carbonyl (C=O) groups excluding carboxylic acids is 1. The molecule has 0 N–H and O–H groups in total. The summed E-state index contributed by atoms with van der Waals surface area (Å²) >= 11 is 0. The molecule has 0 spiro atoms. The zero-order chi connectivity index (χ0) is 18.8. The first kappa shape index (κ1) is 19.5. The Labute approximate surface area is 156 Å². The number of benzene rings is 2. The highest BCUT2D eigenvalue weighted by molar-refractivity contribution is 5.97. The van der Waals surface area contributed by atoms with E-state index in [9.17, 15) is 4.79 Å². The molecule has 2 aromatic carbocycles. The minimum Gasteiger partial charge on any atom is -0.492 e. The number of ether oxygens (including phenoxy) is 1. The molecular formula is C22H26N2O2. The minimum atomic E-state index is -0.0875. The van der Waals surface area contributed by atoms with Gasteiger partial charge in [-0.3, -0.25) is 4.79 Å². The van der Waals surface area contributed by atoms with Crippen molar-refractivity contribution in [1.82, 2.24) is 4.90 Å². The molecular weight excluding hydrogens is 324 g/mol. The second-order valence-corrected chi connectivity index (χ2v) is 6.64. The Hall–Kier alpha value is -2.80. The van der Waals surface area contributed by atoms with Crippen LogP contribution in [0.25, 0.3) is 0 Å². The summed E-state index contributed by atoms with van der Waals surface area (Å²) in [6.45, 7) is 5.70. The first-order valence-electron chi connectivity index (χ1n) is 9.03. The lowest BCUT2D eigenvalue weighted by Gasteiger charge is -2.23. The largest absolute Gasteiger partial charge is 0.492 e. The van der Waals surface area contributed by atoms with Crippen LogP contribution in [0.1, 0.15) is 36.2 Å². The van der Waals surface area contributed by atoms with Crippen molar-refractivity contribution >= 4 is 5.91 Å². The van der Waals surface area contributed by atoms with E-state index >= 15 is 0 Å². The molecule has 0 atom stereocenters. The van der Waals surface area contributed by atoms with Crippen molar-refractivity contribution in [3.8, 4) is 11.8 Å². The number of para-hydroxylation sites is 1. The van der Waals surface area contributed by atoms with Crippen molar-refractivity contribution in [2.24, 2.45) is 5.92 Å². The Morgan fingerprint density at radius 2 is 1.77 bits per heavy atom. The molecule has 0 saturated heterocycles. The van der Waals surface area contributed by atoms with E-state index in [1.54, 1.807) is 11.0 Å². The molecule has 0 heterocycles. The van der Waals surface area contributed by atoms with Gasteiger partial charge in [0.1, 0.15) is 5.75 Å². The molecule has 2 rings (SSSR count). The molecule has 1 amide bonds. The number of amides is 1. The van der Waals surface area contributed by atoms with Gasteiger partial charge in [-0.15, -0.1) is 0 Å². The van der Waals surface area contributed by atoms with E-state index in [0.717, 1.165) is 6.42 Å². The standard InChI is InChI=1S/C22H26N2O2/c1-18(2)17-26-21-12-7-6-11-20(21)22(25)24(15-8-14-23)16-13-19-9-4-3-5-10-19/h3-7,9-12,18H,8,13,15-17H2,1-2H3. The SMILES string of the molecule is CC(C)COc1ccccc1C(=O)N(CCC#N)CCc1ccccc1. The second kappa shape index (κ2) is 10.2. The summed E-state index contributed by atoms with van der Waals surface area (Å²) < 4.78 is 5.82. The van der Waals surface area contributed by atoms with Crippen molar-refractivity contribution in [2.75, 3.05) is 19.7 Å². The maximum absolute atomic E-state index is 13.1. The molecule has 0 saturated carbocycles. The van der Waals surface area contributed by atoms with Crippen molar-refractivity contribution < 1.29 is 9.53 Å². The van der Waals surface area contributed by atoms with E-state index in [1.165, 1.54) is 5.56 Å². The van der Waals surface area contributed by atoms with Gasteiger partial charge in [-0.05, 0) is 30.0 Å². The minimum absolute atomic E-state index is 0.0875. The number of hydrogen-bond acceptors (Lipinski definition) is 3. The van der Waals surface area contributed by atoms with Gasteiger partial charge in [-0.25, -0.2) is 0 Å². The van der Waals surface area contributed by atoms with Gasteiger partial charge in [-0.2, -0.15) is 5.26 Å². The van der Waals surface area contributed by atoms with E-state index in [0.29, 0.717) is 43.3 Å². The van der Waals surface area contributed by atoms with Gasteiger partial charge >= 0.3 is 0 Å². The predicted octanol–water partition coefficient (Wildman–Crippen LogP) is 4.32. The fourth-order valence-corrected chi connectivity index (χ4v) is 2.60. The molecule has 0 aliphatic rings. The highest BCUT2D eigenvalue weighted by Gasteiger charge is 2.19. The molecule has 0 fully saturated rings. The van der Waals surface area contributed by atoms with E-state index in [-0.39, 0.29) is 5.91 Å². The molecule has 0 aliphatic carbocycles. The monoisotopic (exact) mass is 350 g/mol. The first-order valence-corrected chi connectivity index (χ1v) is 9.03. The van der Waals surface area contributed by atoms with Crippen molar-refractivity contribution in [1.29, 1.82) is 5.26 Å². The summed E-state index contributed by atoms with van der Waals surface area (Å²) in [4.78, 5) is 14.8. The van der Waals surface area contributed by atoms with Crippen LogP contribution in [0.3, 0.4) is 0 Å². The molecule has 0 aliphatic heterocycles. The third-order valence-electron chi connectivity index (χ3n) is 3.98. The summed E-state index contributed by atoms with van der Waals surface area (Å²) in [7, 11) is 0. The van der Waals surface area contributed by atoms with Gasteiger partial charge in [0.2, 0.25) is 0 Å². The van der Waals surface area contributed by atoms with E-state index < -0.39 is 0 Å². The second-order valence-electron chi connectivity index (χ2n) is 6.64. The number of rotatable bonds is 9. The van der Waals surface area contributed by atoms with Crippen LogP contribution < -0.4 is 4.74 Å². The van der Waals surface area contributed by atoms with Crippen LogP contribution in [0, 0.1) is 17.2 Å². The lowest BCUT2D eigenvalue weighted by Crippen LogP contribution is -2.34. The van der Waals surface area contributed by atoms with Gasteiger partial charge in [0.05, 0.1) is 24.7 Å². The maximum atomic E-state index is 13.1. The summed E-state index contributed by atoms with van der Waals surface area (Å²) in [5, 5.41) is 8.94. The molecule has 2 aromatic rings. The van der Waals surface area contributed by atoms with Crippen LogP contribution in [-0.2, 0) is 6.42 Å². The lowest BCUT2D eigenvalue weighted by atomic mass is 10.1. The molecule has 0 aromatic heterocycles. The smallest absolute Gasteiger partial charge is 0.257 e. The van der Waals surface area contributed by atoms with Gasteiger partial charge in [-0.1, -0.05) is 56.3 Å². The van der Waals surface area contributed by atoms with Crippen LogP contribution in [0.2, 0.25) is 0 Å². The normalized spacial score (nSPS) is 10.4. The summed E-state index contributed by atoms with van der Waals surface area (Å²) in [6.07, 6.45) is 1.07. The lowest BCUT2D eigenvalue weighted by molar-refractivity contribution is 0.0755. The Balaban J connectivity index is 2.14. The number of nitriles is 1. The van der Waals surface area contributed by atoms with Crippen LogP contribution >= 0.6 is 0 Å². The fraction of sp³-hybridized carbons (Fsp3) is 0.364. The van der Waals surface area contributed by atoms with Crippen LogP contribution in [0.4, 0.5) is 0 Å². The van der Waals surface area contributed by atoms with Crippen LogP contribution in [0.5, 0.6) is 5.75 Å². The fourth-order valence-electron chi connectivity index (χ4n) is 2.60. The van der Waals surface area contributed by atoms with E-state index in [4.69, 9.17) is 10.00 Å². The average Bonchev–Trinajstić information content (AvgIpc) is 2.67. The van der Waals surface area contributed by atoms with Crippen LogP contribution in [-0.4, -0.2) is 30.5 Å². The molecule has 4 nitrogen and oxygen atoms in total. The average molecular weight is 350 g/mol. The summed E-state index contributed by atoms with van der Waals surface area (Å²) in [5.41, 5.74) is 1.73. The predicted molar refractivity (Wildman–Crippen MR) is 103 cm³/mol. The Morgan fingerprint density at radius 1 is 1.08 bits per heavy atom. The van der Waals surface area contributed by atoms with Crippen molar-refractivity contribution in [3.63, 3.8) is 0 Å². The third-order valence-corrected chi connectivity index (χ3v) is 3.98. The van der Waals surface area contributed by atoms with Crippen LogP contribution in [0.15, 0.2) is 54.6 Å². The van der Waals surface area contributed by atoms with Gasteiger partial charge < -0.3 is 9.64 Å². The van der Waals surface area contributed by atoms with E-state index in [2.05, 4.69) is 19.9 Å². The molecule has 0 radical (unpaired) electrons. The first-order chi connectivity index (χ1) is 12.6. The van der Waals surface area contributed by atoms with Crippen molar-refractivity contribution in [2.45, 2.75) is 26.7 Å². The molecule has 4 heteroatoms. The summed E-state index contributed by atoms with van der Waals surface area (Å²) in [5.74, 6) is 0.898. The Kier molecular flexibility index (Phi) is 7.70. The van der Waals surface area contributed by atoms with Crippen molar-refractivity contribution in [3.05, 3.63) is 65.7 Å².